The molecule has 0 saturated heterocycles. The number of unbranched alkanes of at least 4 members (excludes halogenated alkanes) is 1. The highest BCUT2D eigenvalue weighted by atomic mass is 16.2. The van der Waals surface area contributed by atoms with Gasteiger partial charge in [-0.1, -0.05) is 68.8 Å². The van der Waals surface area contributed by atoms with Crippen LogP contribution in [-0.4, -0.2) is 21.2 Å². The van der Waals surface area contributed by atoms with Crippen molar-refractivity contribution in [1.29, 1.82) is 5.26 Å². The molecule has 180 valence electrons. The molecule has 6 heteroatoms. The number of carbonyl (C=O) groups is 1. The van der Waals surface area contributed by atoms with Gasteiger partial charge in [-0.3, -0.25) is 4.79 Å². The van der Waals surface area contributed by atoms with Gasteiger partial charge < -0.3 is 4.57 Å². The highest BCUT2D eigenvalue weighted by Crippen LogP contribution is 2.30. The van der Waals surface area contributed by atoms with Gasteiger partial charge in [-0.2, -0.15) is 10.4 Å². The summed E-state index contributed by atoms with van der Waals surface area (Å²) in [7, 11) is 0. The first kappa shape index (κ1) is 23.5. The SMILES string of the molecule is CCCCc1nc2ccc(C3=NNC(=O)CC3C)cc2n1Cc1ccccc1-c1ccccc1C#N. The lowest BCUT2D eigenvalue weighted by Gasteiger charge is -2.19. The van der Waals surface area contributed by atoms with E-state index in [0.717, 1.165) is 64.1 Å². The Kier molecular flexibility index (Phi) is 6.64. The van der Waals surface area contributed by atoms with E-state index < -0.39 is 0 Å². The summed E-state index contributed by atoms with van der Waals surface area (Å²) in [5.41, 5.74) is 10.3. The van der Waals surface area contributed by atoms with Crippen molar-refractivity contribution >= 4 is 22.7 Å². The van der Waals surface area contributed by atoms with Crippen LogP contribution < -0.4 is 5.43 Å². The second-order valence-electron chi connectivity index (χ2n) is 9.37. The number of imidazole rings is 1. The molecule has 0 radical (unpaired) electrons. The van der Waals surface area contributed by atoms with Crippen LogP contribution in [0.5, 0.6) is 0 Å². The number of aromatic nitrogens is 2. The fourth-order valence-electron chi connectivity index (χ4n) is 4.94. The maximum atomic E-state index is 11.8. The van der Waals surface area contributed by atoms with Gasteiger partial charge in [-0.05, 0) is 41.3 Å². The smallest absolute Gasteiger partial charge is 0.240 e. The molecule has 6 nitrogen and oxygen atoms in total. The highest BCUT2D eigenvalue weighted by molar-refractivity contribution is 6.07. The van der Waals surface area contributed by atoms with E-state index in [2.05, 4.69) is 52.4 Å². The summed E-state index contributed by atoms with van der Waals surface area (Å²) >= 11 is 0. The normalized spacial score (nSPS) is 15.4. The van der Waals surface area contributed by atoms with E-state index in [1.165, 1.54) is 0 Å². The minimum absolute atomic E-state index is 0.0477. The maximum absolute atomic E-state index is 11.8. The molecule has 0 aliphatic carbocycles. The van der Waals surface area contributed by atoms with Crippen LogP contribution >= 0.6 is 0 Å². The van der Waals surface area contributed by atoms with Gasteiger partial charge in [-0.25, -0.2) is 10.4 Å². The summed E-state index contributed by atoms with van der Waals surface area (Å²) < 4.78 is 2.30. The number of benzene rings is 3. The lowest BCUT2D eigenvalue weighted by atomic mass is 9.94. The average molecular weight is 476 g/mol. The lowest BCUT2D eigenvalue weighted by Crippen LogP contribution is -2.31. The van der Waals surface area contributed by atoms with Gasteiger partial charge in [0.05, 0.1) is 28.4 Å². The largest absolute Gasteiger partial charge is 0.323 e. The number of carbonyl (C=O) groups excluding carboxylic acids is 1. The number of aryl methyl sites for hydroxylation is 1. The van der Waals surface area contributed by atoms with Crippen molar-refractivity contribution in [2.75, 3.05) is 0 Å². The Morgan fingerprint density at radius 3 is 2.64 bits per heavy atom. The molecule has 3 aromatic carbocycles. The van der Waals surface area contributed by atoms with E-state index in [-0.39, 0.29) is 11.8 Å². The van der Waals surface area contributed by atoms with E-state index in [9.17, 15) is 10.1 Å². The second-order valence-corrected chi connectivity index (χ2v) is 9.37. The Bertz CT molecular complexity index is 1510. The molecule has 0 bridgehead atoms. The van der Waals surface area contributed by atoms with Gasteiger partial charge in [0.2, 0.25) is 5.91 Å². The predicted molar refractivity (Wildman–Crippen MR) is 143 cm³/mol. The Morgan fingerprint density at radius 2 is 1.86 bits per heavy atom. The molecule has 5 rings (SSSR count). The third kappa shape index (κ3) is 4.52. The molecule has 1 amide bonds. The molecule has 1 aliphatic heterocycles. The molecule has 1 N–H and O–H groups in total. The average Bonchev–Trinajstić information content (AvgIpc) is 3.24. The molecule has 36 heavy (non-hydrogen) atoms. The van der Waals surface area contributed by atoms with Crippen LogP contribution in [0.3, 0.4) is 0 Å². The zero-order valence-electron chi connectivity index (χ0n) is 20.7. The van der Waals surface area contributed by atoms with Crippen molar-refractivity contribution in [2.24, 2.45) is 11.0 Å². The van der Waals surface area contributed by atoms with Gasteiger partial charge in [0.25, 0.3) is 0 Å². The summed E-state index contributed by atoms with van der Waals surface area (Å²) in [6.07, 6.45) is 3.48. The zero-order chi connectivity index (χ0) is 25.1. The van der Waals surface area contributed by atoms with Crippen molar-refractivity contribution in [3.63, 3.8) is 0 Å². The number of fused-ring (bicyclic) bond motifs is 1. The highest BCUT2D eigenvalue weighted by Gasteiger charge is 2.23. The Hall–Kier alpha value is -4.24. The molecule has 1 aliphatic rings. The van der Waals surface area contributed by atoms with Gasteiger partial charge in [0.15, 0.2) is 0 Å². The Labute approximate surface area is 211 Å². The molecule has 4 aromatic rings. The number of hydrogen-bond donors (Lipinski definition) is 1. The first-order valence-electron chi connectivity index (χ1n) is 12.5. The summed E-state index contributed by atoms with van der Waals surface area (Å²) in [6.45, 7) is 4.87. The Balaban J connectivity index is 1.62. The van der Waals surface area contributed by atoms with Crippen LogP contribution in [0.4, 0.5) is 0 Å². The van der Waals surface area contributed by atoms with Crippen LogP contribution in [0.15, 0.2) is 71.8 Å². The maximum Gasteiger partial charge on any atom is 0.240 e. The van der Waals surface area contributed by atoms with Gasteiger partial charge >= 0.3 is 0 Å². The zero-order valence-corrected chi connectivity index (χ0v) is 20.7. The molecular weight excluding hydrogens is 446 g/mol. The fourth-order valence-corrected chi connectivity index (χ4v) is 4.94. The van der Waals surface area contributed by atoms with Crippen molar-refractivity contribution < 1.29 is 4.79 Å². The summed E-state index contributed by atoms with van der Waals surface area (Å²) in [6, 6.07) is 24.6. The quantitative estimate of drug-likeness (QED) is 0.365. The van der Waals surface area contributed by atoms with Gasteiger partial charge in [-0.15, -0.1) is 0 Å². The van der Waals surface area contributed by atoms with Gasteiger partial charge in [0.1, 0.15) is 5.82 Å². The third-order valence-corrected chi connectivity index (χ3v) is 6.82. The molecule has 0 spiro atoms. The molecule has 0 fully saturated rings. The van der Waals surface area contributed by atoms with E-state index in [1.807, 2.05) is 49.4 Å². The first-order chi connectivity index (χ1) is 17.6. The molecule has 2 heterocycles. The lowest BCUT2D eigenvalue weighted by molar-refractivity contribution is -0.121. The van der Waals surface area contributed by atoms with Gasteiger partial charge in [0, 0.05) is 30.9 Å². The Morgan fingerprint density at radius 1 is 1.08 bits per heavy atom. The van der Waals surface area contributed by atoms with E-state index in [1.54, 1.807) is 0 Å². The van der Waals surface area contributed by atoms with Crippen molar-refractivity contribution in [3.05, 3.63) is 89.2 Å². The van der Waals surface area contributed by atoms with Crippen molar-refractivity contribution in [3.8, 4) is 17.2 Å². The summed E-state index contributed by atoms with van der Waals surface area (Å²) in [4.78, 5) is 16.8. The number of rotatable bonds is 7. The second kappa shape index (κ2) is 10.2. The number of nitrogens with zero attached hydrogens (tertiary/aromatic N) is 4. The standard InChI is InChI=1S/C30H29N5O/c1-3-4-13-28-32-26-15-14-21(30-20(2)16-29(36)33-34-30)17-27(26)35(28)19-23-10-6-8-12-25(23)24-11-7-5-9-22(24)18-31/h5-12,14-15,17,20H,3-4,13,16,19H2,1-2H3,(H,33,36). The third-order valence-electron chi connectivity index (χ3n) is 6.82. The minimum atomic E-state index is -0.0477. The number of nitrogens with one attached hydrogen (secondary N) is 1. The number of hydrazone groups is 1. The van der Waals surface area contributed by atoms with Crippen molar-refractivity contribution in [1.82, 2.24) is 15.0 Å². The monoisotopic (exact) mass is 475 g/mol. The van der Waals surface area contributed by atoms with E-state index in [4.69, 9.17) is 4.98 Å². The minimum Gasteiger partial charge on any atom is -0.323 e. The molecule has 1 unspecified atom stereocenters. The molecule has 1 aromatic heterocycles. The van der Waals surface area contributed by atoms with E-state index in [0.29, 0.717) is 18.5 Å². The molecule has 0 saturated carbocycles. The van der Waals surface area contributed by atoms with Crippen LogP contribution in [0, 0.1) is 17.2 Å². The number of amides is 1. The van der Waals surface area contributed by atoms with Crippen LogP contribution in [0.2, 0.25) is 0 Å². The molecular formula is C30H29N5O. The number of nitriles is 1. The topological polar surface area (TPSA) is 83.1 Å². The first-order valence-corrected chi connectivity index (χ1v) is 12.5. The van der Waals surface area contributed by atoms with E-state index >= 15 is 0 Å². The predicted octanol–water partition coefficient (Wildman–Crippen LogP) is 5.83. The number of hydrogen-bond acceptors (Lipinski definition) is 4. The van der Waals surface area contributed by atoms with Crippen LogP contribution in [0.1, 0.15) is 55.6 Å². The van der Waals surface area contributed by atoms with Crippen molar-refractivity contribution in [2.45, 2.75) is 46.1 Å². The van der Waals surface area contributed by atoms with Crippen LogP contribution in [-0.2, 0) is 17.8 Å². The molecule has 1 atom stereocenters. The fraction of sp³-hybridized carbons (Fsp3) is 0.267. The summed E-state index contributed by atoms with van der Waals surface area (Å²) in [5.74, 6) is 1.06. The summed E-state index contributed by atoms with van der Waals surface area (Å²) in [5, 5.41) is 14.1. The van der Waals surface area contributed by atoms with Crippen LogP contribution in [0.25, 0.3) is 22.2 Å².